The first kappa shape index (κ1) is 22.0. The largest absolute Gasteiger partial charge is 0.494 e. The fraction of sp³-hybridized carbons (Fsp3) is 0.429. The molecule has 29 heavy (non-hydrogen) atoms. The molecule has 1 aliphatic heterocycles. The fourth-order valence-electron chi connectivity index (χ4n) is 3.43. The van der Waals surface area contributed by atoms with E-state index in [0.29, 0.717) is 23.6 Å². The van der Waals surface area contributed by atoms with Gasteiger partial charge in [0, 0.05) is 10.6 Å². The number of aliphatic hydroxyl groups is 5. The standard InChI is InChI=1S/C21H25ClO7/c1-2-28-15-6-3-12(4-7-15)9-13-10-14(5-8-16(13)22)21(27)20(26)18(25)19(29-21)17(24)11-23/h3-8,10,17-20,23-27H,2,9,11H2,1H3/t17-,18+,19-,20-,21?/m1/s1. The van der Waals surface area contributed by atoms with E-state index in [1.165, 1.54) is 6.07 Å². The Morgan fingerprint density at radius 1 is 1.17 bits per heavy atom. The van der Waals surface area contributed by atoms with Gasteiger partial charge in [-0.1, -0.05) is 29.8 Å². The van der Waals surface area contributed by atoms with Crippen LogP contribution in [0.5, 0.6) is 5.75 Å². The van der Waals surface area contributed by atoms with Crippen LogP contribution in [-0.2, 0) is 16.9 Å². The fourth-order valence-corrected chi connectivity index (χ4v) is 3.61. The van der Waals surface area contributed by atoms with Crippen LogP contribution in [-0.4, -0.2) is 63.2 Å². The van der Waals surface area contributed by atoms with Gasteiger partial charge in [-0.15, -0.1) is 0 Å². The molecule has 3 rings (SSSR count). The highest BCUT2D eigenvalue weighted by atomic mass is 35.5. The van der Waals surface area contributed by atoms with E-state index in [4.69, 9.17) is 26.2 Å². The highest BCUT2D eigenvalue weighted by molar-refractivity contribution is 6.31. The molecule has 2 aromatic rings. The SMILES string of the molecule is CCOc1ccc(Cc2cc(C3(O)O[C@H]([C@H](O)CO)[C@H](O)[C@H]3O)ccc2Cl)cc1. The molecule has 2 aromatic carbocycles. The first-order chi connectivity index (χ1) is 13.8. The summed E-state index contributed by atoms with van der Waals surface area (Å²) in [5.74, 6) is -1.49. The minimum absolute atomic E-state index is 0.182. The molecule has 1 saturated heterocycles. The summed E-state index contributed by atoms with van der Waals surface area (Å²) >= 11 is 6.31. The molecule has 1 unspecified atom stereocenters. The van der Waals surface area contributed by atoms with Gasteiger partial charge in [0.1, 0.15) is 30.2 Å². The van der Waals surface area contributed by atoms with Crippen molar-refractivity contribution in [2.24, 2.45) is 0 Å². The summed E-state index contributed by atoms with van der Waals surface area (Å²) < 4.78 is 10.8. The van der Waals surface area contributed by atoms with E-state index in [1.54, 1.807) is 12.1 Å². The Hall–Kier alpha value is -1.71. The first-order valence-corrected chi connectivity index (χ1v) is 9.73. The zero-order chi connectivity index (χ0) is 21.2. The molecular formula is C21H25ClO7. The van der Waals surface area contributed by atoms with Crippen LogP contribution < -0.4 is 4.74 Å². The van der Waals surface area contributed by atoms with Crippen molar-refractivity contribution in [3.8, 4) is 5.75 Å². The second-order valence-electron chi connectivity index (χ2n) is 7.02. The Kier molecular flexibility index (Phi) is 6.80. The average Bonchev–Trinajstić information content (AvgIpc) is 2.96. The van der Waals surface area contributed by atoms with Crippen LogP contribution in [0, 0.1) is 0 Å². The molecule has 5 N–H and O–H groups in total. The maximum atomic E-state index is 10.9. The molecule has 158 valence electrons. The molecule has 1 heterocycles. The van der Waals surface area contributed by atoms with Gasteiger partial charge in [0.25, 0.3) is 0 Å². The van der Waals surface area contributed by atoms with Gasteiger partial charge in [0.2, 0.25) is 5.79 Å². The van der Waals surface area contributed by atoms with E-state index >= 15 is 0 Å². The minimum atomic E-state index is -2.25. The number of hydrogen-bond acceptors (Lipinski definition) is 7. The van der Waals surface area contributed by atoms with Gasteiger partial charge in [-0.05, 0) is 48.7 Å². The van der Waals surface area contributed by atoms with Crippen molar-refractivity contribution in [1.29, 1.82) is 0 Å². The smallest absolute Gasteiger partial charge is 0.222 e. The number of hydrogen-bond donors (Lipinski definition) is 5. The number of ether oxygens (including phenoxy) is 2. The molecule has 7 nitrogen and oxygen atoms in total. The predicted molar refractivity (Wildman–Crippen MR) is 106 cm³/mol. The molecular weight excluding hydrogens is 400 g/mol. The van der Waals surface area contributed by atoms with Gasteiger partial charge >= 0.3 is 0 Å². The van der Waals surface area contributed by atoms with Gasteiger partial charge < -0.3 is 35.0 Å². The lowest BCUT2D eigenvalue weighted by Gasteiger charge is -2.27. The van der Waals surface area contributed by atoms with Crippen LogP contribution in [0.15, 0.2) is 42.5 Å². The lowest BCUT2D eigenvalue weighted by molar-refractivity contribution is -0.247. The molecule has 1 aliphatic rings. The Morgan fingerprint density at radius 3 is 2.48 bits per heavy atom. The highest BCUT2D eigenvalue weighted by Gasteiger charge is 2.56. The van der Waals surface area contributed by atoms with Crippen LogP contribution in [0.25, 0.3) is 0 Å². The van der Waals surface area contributed by atoms with Crippen molar-refractivity contribution < 1.29 is 35.0 Å². The average molecular weight is 425 g/mol. The van der Waals surface area contributed by atoms with Crippen molar-refractivity contribution in [1.82, 2.24) is 0 Å². The molecule has 0 aliphatic carbocycles. The third kappa shape index (κ3) is 4.41. The number of benzene rings is 2. The molecule has 0 bridgehead atoms. The molecule has 5 atom stereocenters. The summed E-state index contributed by atoms with van der Waals surface area (Å²) in [6, 6.07) is 12.1. The lowest BCUT2D eigenvalue weighted by Crippen LogP contribution is -2.42. The maximum Gasteiger partial charge on any atom is 0.222 e. The molecule has 0 spiro atoms. The van der Waals surface area contributed by atoms with E-state index in [2.05, 4.69) is 0 Å². The quantitative estimate of drug-likeness (QED) is 0.449. The van der Waals surface area contributed by atoms with Gasteiger partial charge in [-0.25, -0.2) is 0 Å². The molecule has 1 fully saturated rings. The van der Waals surface area contributed by atoms with E-state index in [1.807, 2.05) is 31.2 Å². The first-order valence-electron chi connectivity index (χ1n) is 9.36. The lowest BCUT2D eigenvalue weighted by atomic mass is 9.94. The molecule has 0 saturated carbocycles. The third-order valence-corrected chi connectivity index (χ3v) is 5.40. The summed E-state index contributed by atoms with van der Waals surface area (Å²) in [4.78, 5) is 0. The number of aliphatic hydroxyl groups excluding tert-OH is 4. The van der Waals surface area contributed by atoms with E-state index in [0.717, 1.165) is 11.3 Å². The van der Waals surface area contributed by atoms with Gasteiger partial charge in [0.15, 0.2) is 0 Å². The Balaban J connectivity index is 1.86. The normalized spacial score (nSPS) is 27.8. The second kappa shape index (κ2) is 8.97. The monoisotopic (exact) mass is 424 g/mol. The summed E-state index contributed by atoms with van der Waals surface area (Å²) in [5.41, 5.74) is 1.82. The minimum Gasteiger partial charge on any atom is -0.494 e. The number of halogens is 1. The maximum absolute atomic E-state index is 10.9. The predicted octanol–water partition coefficient (Wildman–Crippen LogP) is 0.948. The Labute approximate surface area is 173 Å². The van der Waals surface area contributed by atoms with E-state index in [9.17, 15) is 20.4 Å². The Morgan fingerprint density at radius 2 is 1.86 bits per heavy atom. The van der Waals surface area contributed by atoms with Crippen molar-refractivity contribution in [3.63, 3.8) is 0 Å². The van der Waals surface area contributed by atoms with Crippen LogP contribution >= 0.6 is 11.6 Å². The molecule has 0 amide bonds. The molecule has 8 heteroatoms. The zero-order valence-electron chi connectivity index (χ0n) is 15.9. The van der Waals surface area contributed by atoms with Crippen LogP contribution in [0.1, 0.15) is 23.6 Å². The summed E-state index contributed by atoms with van der Waals surface area (Å²) in [6.45, 7) is 1.80. The van der Waals surface area contributed by atoms with Gasteiger partial charge in [0.05, 0.1) is 13.2 Å². The van der Waals surface area contributed by atoms with Crippen molar-refractivity contribution in [2.45, 2.75) is 43.5 Å². The van der Waals surface area contributed by atoms with Crippen LogP contribution in [0.2, 0.25) is 5.02 Å². The van der Waals surface area contributed by atoms with Crippen LogP contribution in [0.3, 0.4) is 0 Å². The van der Waals surface area contributed by atoms with Gasteiger partial charge in [-0.2, -0.15) is 0 Å². The topological polar surface area (TPSA) is 120 Å². The highest BCUT2D eigenvalue weighted by Crippen LogP contribution is 2.40. The zero-order valence-corrected chi connectivity index (χ0v) is 16.7. The Bertz CT molecular complexity index is 828. The molecule has 0 aromatic heterocycles. The summed E-state index contributed by atoms with van der Waals surface area (Å²) in [7, 11) is 0. The van der Waals surface area contributed by atoms with Gasteiger partial charge in [-0.3, -0.25) is 0 Å². The summed E-state index contributed by atoms with van der Waals surface area (Å²) in [5, 5.41) is 50.8. The summed E-state index contributed by atoms with van der Waals surface area (Å²) in [6.07, 6.45) is -5.63. The van der Waals surface area contributed by atoms with Crippen LogP contribution in [0.4, 0.5) is 0 Å². The van der Waals surface area contributed by atoms with Crippen molar-refractivity contribution in [2.75, 3.05) is 13.2 Å². The number of rotatable bonds is 7. The van der Waals surface area contributed by atoms with Crippen molar-refractivity contribution >= 4 is 11.6 Å². The second-order valence-corrected chi connectivity index (χ2v) is 7.43. The van der Waals surface area contributed by atoms with E-state index < -0.39 is 36.8 Å². The van der Waals surface area contributed by atoms with Crippen molar-refractivity contribution in [3.05, 3.63) is 64.2 Å². The van der Waals surface area contributed by atoms with E-state index in [-0.39, 0.29) is 5.56 Å². The molecule has 0 radical (unpaired) electrons. The third-order valence-electron chi connectivity index (χ3n) is 5.03.